The van der Waals surface area contributed by atoms with E-state index in [9.17, 15) is 9.59 Å². The van der Waals surface area contributed by atoms with Crippen LogP contribution in [0.25, 0.3) is 0 Å². The number of carbonyl (C=O) groups excluding carboxylic acids is 1. The van der Waals surface area contributed by atoms with Gasteiger partial charge in [0, 0.05) is 0 Å². The minimum absolute atomic E-state index is 0.00516. The van der Waals surface area contributed by atoms with E-state index in [0.29, 0.717) is 16.9 Å². The minimum Gasteiger partial charge on any atom is -0.480 e. The summed E-state index contributed by atoms with van der Waals surface area (Å²) in [6.45, 7) is -0.239. The molecule has 6 nitrogen and oxygen atoms in total. The van der Waals surface area contributed by atoms with Gasteiger partial charge in [0.05, 0.1) is 29.6 Å². The van der Waals surface area contributed by atoms with Gasteiger partial charge in [0.15, 0.2) is 0 Å². The van der Waals surface area contributed by atoms with E-state index in [1.807, 2.05) is 6.07 Å². The lowest BCUT2D eigenvalue weighted by Crippen LogP contribution is -2.41. The zero-order chi connectivity index (χ0) is 12.4. The second-order valence-electron chi connectivity index (χ2n) is 3.64. The molecule has 0 saturated carbocycles. The fourth-order valence-electron chi connectivity index (χ4n) is 1.73. The number of aliphatic carboxylic acids is 1. The molecule has 1 amide bonds. The van der Waals surface area contributed by atoms with Crippen LogP contribution < -0.4 is 10.2 Å². The molecule has 0 atom stereocenters. The van der Waals surface area contributed by atoms with Crippen LogP contribution in [-0.2, 0) is 9.59 Å². The van der Waals surface area contributed by atoms with Gasteiger partial charge in [-0.25, -0.2) is 0 Å². The molecule has 2 rings (SSSR count). The van der Waals surface area contributed by atoms with Crippen molar-refractivity contribution in [2.45, 2.75) is 0 Å². The zero-order valence-electron chi connectivity index (χ0n) is 8.80. The van der Waals surface area contributed by atoms with Gasteiger partial charge in [-0.15, -0.1) is 0 Å². The Balaban J connectivity index is 2.40. The monoisotopic (exact) mass is 231 g/mol. The van der Waals surface area contributed by atoms with Gasteiger partial charge < -0.3 is 15.3 Å². The first-order valence-corrected chi connectivity index (χ1v) is 4.91. The van der Waals surface area contributed by atoms with E-state index in [1.165, 1.54) is 11.0 Å². The molecule has 0 unspecified atom stereocenters. The van der Waals surface area contributed by atoms with Crippen LogP contribution in [0.4, 0.5) is 11.4 Å². The Labute approximate surface area is 97.1 Å². The van der Waals surface area contributed by atoms with Crippen molar-refractivity contribution < 1.29 is 14.7 Å². The first kappa shape index (κ1) is 11.0. The number of carbonyl (C=O) groups is 2. The molecular formula is C11H9N3O3. The number of hydrogen-bond acceptors (Lipinski definition) is 4. The largest absolute Gasteiger partial charge is 0.480 e. The Morgan fingerprint density at radius 2 is 2.35 bits per heavy atom. The summed E-state index contributed by atoms with van der Waals surface area (Å²) in [6, 6.07) is 6.71. The van der Waals surface area contributed by atoms with Crippen LogP contribution in [0.3, 0.4) is 0 Å². The number of nitrogens with zero attached hydrogens (tertiary/aromatic N) is 2. The molecule has 0 saturated heterocycles. The SMILES string of the molecule is N#Cc1ccc2c(c1)NC(=O)CN2CC(=O)O. The second kappa shape index (κ2) is 4.14. The van der Waals surface area contributed by atoms with Gasteiger partial charge in [-0.2, -0.15) is 5.26 Å². The van der Waals surface area contributed by atoms with Crippen LogP contribution in [0.5, 0.6) is 0 Å². The number of anilines is 2. The summed E-state index contributed by atoms with van der Waals surface area (Å²) in [5.41, 5.74) is 1.51. The Morgan fingerprint density at radius 3 is 3.00 bits per heavy atom. The molecule has 1 heterocycles. The Morgan fingerprint density at radius 1 is 1.59 bits per heavy atom. The predicted molar refractivity (Wildman–Crippen MR) is 59.6 cm³/mol. The summed E-state index contributed by atoms with van der Waals surface area (Å²) in [4.78, 5) is 23.5. The van der Waals surface area contributed by atoms with Crippen molar-refractivity contribution in [2.75, 3.05) is 23.3 Å². The number of nitrogens with one attached hydrogen (secondary N) is 1. The van der Waals surface area contributed by atoms with Crippen molar-refractivity contribution in [2.24, 2.45) is 0 Å². The summed E-state index contributed by atoms with van der Waals surface area (Å²) >= 11 is 0. The second-order valence-corrected chi connectivity index (χ2v) is 3.64. The average Bonchev–Trinajstić information content (AvgIpc) is 2.27. The van der Waals surface area contributed by atoms with E-state index < -0.39 is 5.97 Å². The molecular weight excluding hydrogens is 222 g/mol. The Bertz CT molecular complexity index is 533. The molecule has 0 bridgehead atoms. The number of amides is 1. The summed E-state index contributed by atoms with van der Waals surface area (Å²) in [6.07, 6.45) is 0. The number of carboxylic acids is 1. The maximum atomic E-state index is 11.4. The summed E-state index contributed by atoms with van der Waals surface area (Å²) in [5, 5.41) is 20.1. The molecule has 17 heavy (non-hydrogen) atoms. The number of nitriles is 1. The molecule has 6 heteroatoms. The van der Waals surface area contributed by atoms with Gasteiger partial charge in [-0.1, -0.05) is 0 Å². The number of fused-ring (bicyclic) bond motifs is 1. The van der Waals surface area contributed by atoms with Crippen LogP contribution in [0.15, 0.2) is 18.2 Å². The molecule has 0 fully saturated rings. The summed E-state index contributed by atoms with van der Waals surface area (Å²) in [7, 11) is 0. The lowest BCUT2D eigenvalue weighted by atomic mass is 10.1. The van der Waals surface area contributed by atoms with E-state index in [4.69, 9.17) is 10.4 Å². The molecule has 2 N–H and O–H groups in total. The smallest absolute Gasteiger partial charge is 0.323 e. The van der Waals surface area contributed by atoms with Gasteiger partial charge in [0.1, 0.15) is 6.54 Å². The first-order chi connectivity index (χ1) is 8.10. The van der Waals surface area contributed by atoms with Gasteiger partial charge in [0.2, 0.25) is 5.91 Å². The average molecular weight is 231 g/mol. The van der Waals surface area contributed by atoms with Crippen molar-refractivity contribution in [3.8, 4) is 6.07 Å². The quantitative estimate of drug-likeness (QED) is 0.768. The number of benzene rings is 1. The third kappa shape index (κ3) is 2.18. The van der Waals surface area contributed by atoms with Gasteiger partial charge in [-0.05, 0) is 18.2 Å². The number of carboxylic acid groups (broad SMARTS) is 1. The van der Waals surface area contributed by atoms with Gasteiger partial charge in [-0.3, -0.25) is 9.59 Å². The van der Waals surface area contributed by atoms with E-state index >= 15 is 0 Å². The van der Waals surface area contributed by atoms with E-state index in [-0.39, 0.29) is 19.0 Å². The van der Waals surface area contributed by atoms with E-state index in [1.54, 1.807) is 12.1 Å². The van der Waals surface area contributed by atoms with Crippen molar-refractivity contribution >= 4 is 23.3 Å². The highest BCUT2D eigenvalue weighted by Crippen LogP contribution is 2.29. The third-order valence-corrected chi connectivity index (χ3v) is 2.40. The summed E-state index contributed by atoms with van der Waals surface area (Å²) < 4.78 is 0. The highest BCUT2D eigenvalue weighted by atomic mass is 16.4. The molecule has 0 aromatic heterocycles. The van der Waals surface area contributed by atoms with Crippen molar-refractivity contribution in [3.05, 3.63) is 23.8 Å². The molecule has 1 aromatic carbocycles. The zero-order valence-corrected chi connectivity index (χ0v) is 8.80. The molecule has 0 aliphatic carbocycles. The standard InChI is InChI=1S/C11H9N3O3/c12-4-7-1-2-9-8(3-7)13-10(15)5-14(9)6-11(16)17/h1-3H,5-6H2,(H,13,15)(H,16,17). The molecule has 1 aliphatic rings. The molecule has 0 radical (unpaired) electrons. The highest BCUT2D eigenvalue weighted by Gasteiger charge is 2.23. The maximum absolute atomic E-state index is 11.4. The lowest BCUT2D eigenvalue weighted by molar-refractivity contribution is -0.135. The van der Waals surface area contributed by atoms with Crippen molar-refractivity contribution in [3.63, 3.8) is 0 Å². The van der Waals surface area contributed by atoms with Gasteiger partial charge >= 0.3 is 5.97 Å². The topological polar surface area (TPSA) is 93.4 Å². The lowest BCUT2D eigenvalue weighted by Gasteiger charge is -2.29. The van der Waals surface area contributed by atoms with Crippen LogP contribution in [-0.4, -0.2) is 30.1 Å². The Hall–Kier alpha value is -2.55. The maximum Gasteiger partial charge on any atom is 0.323 e. The predicted octanol–water partition coefficient (Wildman–Crippen LogP) is 0.401. The molecule has 86 valence electrons. The van der Waals surface area contributed by atoms with Crippen LogP contribution in [0, 0.1) is 11.3 Å². The molecule has 1 aromatic rings. The third-order valence-electron chi connectivity index (χ3n) is 2.40. The normalized spacial score (nSPS) is 13.6. The first-order valence-electron chi connectivity index (χ1n) is 4.91. The summed E-state index contributed by atoms with van der Waals surface area (Å²) in [5.74, 6) is -1.29. The van der Waals surface area contributed by atoms with Crippen molar-refractivity contribution in [1.82, 2.24) is 0 Å². The minimum atomic E-state index is -1.00. The Kier molecular flexibility index (Phi) is 2.66. The van der Waals surface area contributed by atoms with Crippen molar-refractivity contribution in [1.29, 1.82) is 5.26 Å². The fourth-order valence-corrected chi connectivity index (χ4v) is 1.73. The van der Waals surface area contributed by atoms with Gasteiger partial charge in [0.25, 0.3) is 0 Å². The fraction of sp³-hybridized carbons (Fsp3) is 0.182. The van der Waals surface area contributed by atoms with E-state index in [0.717, 1.165) is 0 Å². The van der Waals surface area contributed by atoms with Crippen LogP contribution >= 0.6 is 0 Å². The number of hydrogen-bond donors (Lipinski definition) is 2. The molecule has 0 spiro atoms. The van der Waals surface area contributed by atoms with Crippen LogP contribution in [0.1, 0.15) is 5.56 Å². The van der Waals surface area contributed by atoms with E-state index in [2.05, 4.69) is 5.32 Å². The number of rotatable bonds is 2. The molecule has 1 aliphatic heterocycles. The highest BCUT2D eigenvalue weighted by molar-refractivity contribution is 6.02. The van der Waals surface area contributed by atoms with Crippen LogP contribution in [0.2, 0.25) is 0 Å².